The fourth-order valence-electron chi connectivity index (χ4n) is 2.98. The number of nitriles is 1. The quantitative estimate of drug-likeness (QED) is 0.202. The average Bonchev–Trinajstić information content (AvgIpc) is 3.43. The Labute approximate surface area is 194 Å². The van der Waals surface area contributed by atoms with Gasteiger partial charge < -0.3 is 4.42 Å². The van der Waals surface area contributed by atoms with Crippen LogP contribution in [0.25, 0.3) is 17.4 Å². The van der Waals surface area contributed by atoms with Crippen LogP contribution in [0, 0.1) is 17.1 Å². The van der Waals surface area contributed by atoms with Crippen molar-refractivity contribution in [1.82, 2.24) is 10.2 Å². The van der Waals surface area contributed by atoms with Gasteiger partial charge in [0.2, 0.25) is 5.13 Å². The number of benzene rings is 1. The minimum Gasteiger partial charge on any atom is -0.457 e. The molecule has 166 valence electrons. The van der Waals surface area contributed by atoms with E-state index in [1.54, 1.807) is 12.1 Å². The van der Waals surface area contributed by atoms with Crippen LogP contribution >= 0.6 is 22.9 Å². The molecule has 3 aromatic rings. The molecule has 0 aliphatic rings. The van der Waals surface area contributed by atoms with E-state index >= 15 is 0 Å². The zero-order chi connectivity index (χ0) is 22.9. The van der Waals surface area contributed by atoms with E-state index in [1.165, 1.54) is 54.9 Å². The summed E-state index contributed by atoms with van der Waals surface area (Å²) >= 11 is 7.12. The van der Waals surface area contributed by atoms with E-state index in [4.69, 9.17) is 16.0 Å². The van der Waals surface area contributed by atoms with Gasteiger partial charge in [0.05, 0.1) is 5.02 Å². The maximum atomic E-state index is 13.4. The van der Waals surface area contributed by atoms with E-state index in [-0.39, 0.29) is 10.6 Å². The van der Waals surface area contributed by atoms with Crippen molar-refractivity contribution in [3.63, 3.8) is 0 Å². The average molecular weight is 473 g/mol. The minimum atomic E-state index is -0.596. The molecule has 0 bridgehead atoms. The third-order valence-electron chi connectivity index (χ3n) is 4.66. The van der Waals surface area contributed by atoms with Gasteiger partial charge in [-0.2, -0.15) is 5.26 Å². The lowest BCUT2D eigenvalue weighted by atomic mass is 10.1. The lowest BCUT2D eigenvalue weighted by Gasteiger charge is -2.00. The molecule has 2 heterocycles. The van der Waals surface area contributed by atoms with Gasteiger partial charge >= 0.3 is 0 Å². The molecule has 2 aromatic heterocycles. The standard InChI is InChI=1S/C23H22ClFN4O2S/c1-2-3-4-5-6-7-21-28-29-23(32-21)27-22(30)16(14-26)12-17-9-11-20(31-17)15-8-10-19(25)18(24)13-15/h8-13H,2-7H2,1H3,(H,27,29,30)/b16-12-. The summed E-state index contributed by atoms with van der Waals surface area (Å²) in [7, 11) is 0. The number of hydrogen-bond acceptors (Lipinski definition) is 6. The third kappa shape index (κ3) is 6.49. The van der Waals surface area contributed by atoms with Crippen molar-refractivity contribution in [3.05, 3.63) is 57.5 Å². The molecule has 6 nitrogen and oxygen atoms in total. The molecule has 1 amide bonds. The molecule has 0 radical (unpaired) electrons. The molecule has 1 aromatic carbocycles. The number of anilines is 1. The van der Waals surface area contributed by atoms with Crippen molar-refractivity contribution >= 4 is 40.1 Å². The van der Waals surface area contributed by atoms with Crippen LogP contribution in [0.2, 0.25) is 5.02 Å². The maximum absolute atomic E-state index is 13.4. The summed E-state index contributed by atoms with van der Waals surface area (Å²) in [6.07, 6.45) is 7.97. The first kappa shape index (κ1) is 23.6. The van der Waals surface area contributed by atoms with Crippen molar-refractivity contribution in [1.29, 1.82) is 5.26 Å². The van der Waals surface area contributed by atoms with E-state index in [2.05, 4.69) is 22.4 Å². The molecule has 0 saturated carbocycles. The lowest BCUT2D eigenvalue weighted by Crippen LogP contribution is -2.13. The van der Waals surface area contributed by atoms with Gasteiger partial charge in [-0.3, -0.25) is 10.1 Å². The van der Waals surface area contributed by atoms with Gasteiger partial charge in [-0.15, -0.1) is 10.2 Å². The maximum Gasteiger partial charge on any atom is 0.268 e. The molecule has 0 aliphatic heterocycles. The molecule has 0 aliphatic carbocycles. The van der Waals surface area contributed by atoms with Crippen LogP contribution in [0.1, 0.15) is 49.8 Å². The van der Waals surface area contributed by atoms with E-state index in [9.17, 15) is 14.4 Å². The number of furan rings is 1. The minimum absolute atomic E-state index is 0.0227. The van der Waals surface area contributed by atoms with Gasteiger partial charge in [0.1, 0.15) is 34.0 Å². The number of carbonyl (C=O) groups is 1. The second kappa shape index (κ2) is 11.6. The Morgan fingerprint density at radius 1 is 1.25 bits per heavy atom. The van der Waals surface area contributed by atoms with Crippen LogP contribution in [-0.2, 0) is 11.2 Å². The fourth-order valence-corrected chi connectivity index (χ4v) is 3.93. The zero-order valence-corrected chi connectivity index (χ0v) is 19.1. The van der Waals surface area contributed by atoms with Gasteiger partial charge in [-0.05, 0) is 36.8 Å². The highest BCUT2D eigenvalue weighted by atomic mass is 35.5. The monoisotopic (exact) mass is 472 g/mol. The molecule has 1 N–H and O–H groups in total. The van der Waals surface area contributed by atoms with Gasteiger partial charge in [0.15, 0.2) is 0 Å². The van der Waals surface area contributed by atoms with E-state index in [1.807, 2.05) is 6.07 Å². The Bertz CT molecular complexity index is 1150. The number of amides is 1. The first-order chi connectivity index (χ1) is 15.5. The molecule has 32 heavy (non-hydrogen) atoms. The largest absolute Gasteiger partial charge is 0.457 e. The lowest BCUT2D eigenvalue weighted by molar-refractivity contribution is -0.112. The summed E-state index contributed by atoms with van der Waals surface area (Å²) in [5, 5.41) is 21.3. The second-order valence-corrected chi connectivity index (χ2v) is 8.59. The highest BCUT2D eigenvalue weighted by Crippen LogP contribution is 2.27. The Morgan fingerprint density at radius 2 is 2.06 bits per heavy atom. The molecule has 0 atom stereocenters. The van der Waals surface area contributed by atoms with Crippen LogP contribution in [0.4, 0.5) is 9.52 Å². The van der Waals surface area contributed by atoms with Gasteiger partial charge in [-0.25, -0.2) is 4.39 Å². The summed E-state index contributed by atoms with van der Waals surface area (Å²) in [6.45, 7) is 2.18. The summed E-state index contributed by atoms with van der Waals surface area (Å²) in [5.74, 6) is -0.386. The first-order valence-electron chi connectivity index (χ1n) is 10.3. The first-order valence-corrected chi connectivity index (χ1v) is 11.5. The van der Waals surface area contributed by atoms with Crippen molar-refractivity contribution in [3.8, 4) is 17.4 Å². The number of halogens is 2. The molecule has 0 unspecified atom stereocenters. The Balaban J connectivity index is 1.62. The number of hydrogen-bond donors (Lipinski definition) is 1. The number of unbranched alkanes of at least 4 members (excludes halogenated alkanes) is 4. The molecular weight excluding hydrogens is 451 g/mol. The number of aromatic nitrogens is 2. The normalized spacial score (nSPS) is 11.4. The molecule has 9 heteroatoms. The summed E-state index contributed by atoms with van der Waals surface area (Å²) in [5.41, 5.74) is 0.439. The van der Waals surface area contributed by atoms with Gasteiger partial charge in [-0.1, -0.05) is 55.5 Å². The smallest absolute Gasteiger partial charge is 0.268 e. The summed E-state index contributed by atoms with van der Waals surface area (Å²) < 4.78 is 19.0. The molecule has 0 fully saturated rings. The summed E-state index contributed by atoms with van der Waals surface area (Å²) in [6, 6.07) is 9.35. The van der Waals surface area contributed by atoms with E-state index in [0.717, 1.165) is 24.3 Å². The Morgan fingerprint density at radius 3 is 2.81 bits per heavy atom. The SMILES string of the molecule is CCCCCCCc1nnc(NC(=O)/C(C#N)=C\c2ccc(-c3ccc(F)c(Cl)c3)o2)s1. The van der Waals surface area contributed by atoms with Crippen LogP contribution in [-0.4, -0.2) is 16.1 Å². The Kier molecular flexibility index (Phi) is 8.54. The number of aryl methyl sites for hydroxylation is 1. The fraction of sp³-hybridized carbons (Fsp3) is 0.304. The van der Waals surface area contributed by atoms with Gasteiger partial charge in [0.25, 0.3) is 5.91 Å². The van der Waals surface area contributed by atoms with Crippen molar-refractivity contribution in [2.75, 3.05) is 5.32 Å². The highest BCUT2D eigenvalue weighted by Gasteiger charge is 2.14. The predicted molar refractivity (Wildman–Crippen MR) is 124 cm³/mol. The number of rotatable bonds is 10. The molecular formula is C23H22ClFN4O2S. The number of nitrogens with one attached hydrogen (secondary N) is 1. The van der Waals surface area contributed by atoms with Crippen molar-refractivity contribution in [2.45, 2.75) is 45.4 Å². The third-order valence-corrected chi connectivity index (χ3v) is 5.85. The van der Waals surface area contributed by atoms with Crippen LogP contribution in [0.5, 0.6) is 0 Å². The van der Waals surface area contributed by atoms with Crippen molar-refractivity contribution < 1.29 is 13.6 Å². The van der Waals surface area contributed by atoms with Crippen LogP contribution in [0.15, 0.2) is 40.3 Å². The zero-order valence-electron chi connectivity index (χ0n) is 17.5. The topological polar surface area (TPSA) is 91.8 Å². The number of carbonyl (C=O) groups excluding carboxylic acids is 1. The Hall–Kier alpha value is -3.02. The highest BCUT2D eigenvalue weighted by molar-refractivity contribution is 7.15. The molecule has 3 rings (SSSR count). The number of nitrogens with zero attached hydrogens (tertiary/aromatic N) is 3. The molecule has 0 spiro atoms. The van der Waals surface area contributed by atoms with E-state index < -0.39 is 11.7 Å². The van der Waals surface area contributed by atoms with Crippen molar-refractivity contribution in [2.24, 2.45) is 0 Å². The molecule has 0 saturated heterocycles. The van der Waals surface area contributed by atoms with Crippen LogP contribution < -0.4 is 5.32 Å². The van der Waals surface area contributed by atoms with E-state index in [0.29, 0.717) is 22.2 Å². The summed E-state index contributed by atoms with van der Waals surface area (Å²) in [4.78, 5) is 12.5. The predicted octanol–water partition coefficient (Wildman–Crippen LogP) is 6.65. The van der Waals surface area contributed by atoms with Crippen LogP contribution in [0.3, 0.4) is 0 Å². The van der Waals surface area contributed by atoms with Gasteiger partial charge in [0, 0.05) is 18.1 Å². The second-order valence-electron chi connectivity index (χ2n) is 7.12.